The normalized spacial score (nSPS) is 24.8. The average molecular weight is 112 g/mol. The zero-order valence-corrected chi connectivity index (χ0v) is 5.98. The Hall–Kier alpha value is 0. The molecule has 1 saturated carbocycles. The summed E-state index contributed by atoms with van der Waals surface area (Å²) in [5, 5.41) is 0. The summed E-state index contributed by atoms with van der Waals surface area (Å²) < 4.78 is 0. The lowest BCUT2D eigenvalue weighted by Crippen LogP contribution is -2.18. The van der Waals surface area contributed by atoms with Crippen molar-refractivity contribution in [3.8, 4) is 0 Å². The third-order valence-electron chi connectivity index (χ3n) is 2.60. The van der Waals surface area contributed by atoms with Crippen molar-refractivity contribution in [2.75, 3.05) is 0 Å². The summed E-state index contributed by atoms with van der Waals surface area (Å²) in [6.45, 7) is 4.67. The summed E-state index contributed by atoms with van der Waals surface area (Å²) in [6, 6.07) is 0. The van der Waals surface area contributed by atoms with E-state index in [1.807, 2.05) is 0 Å². The zero-order chi connectivity index (χ0) is 5.98. The van der Waals surface area contributed by atoms with Crippen molar-refractivity contribution >= 4 is 0 Å². The largest absolute Gasteiger partial charge is 0.0651 e. The molecule has 0 bridgehead atoms. The van der Waals surface area contributed by atoms with Crippen LogP contribution >= 0.6 is 0 Å². The van der Waals surface area contributed by atoms with Crippen LogP contribution in [-0.2, 0) is 0 Å². The first kappa shape index (κ1) is 6.12. The van der Waals surface area contributed by atoms with Crippen LogP contribution in [0.5, 0.6) is 0 Å². The molecule has 0 aromatic heterocycles. The molecule has 0 amide bonds. The second-order valence-electron chi connectivity index (χ2n) is 3.08. The fourth-order valence-electron chi connectivity index (χ4n) is 1.34. The van der Waals surface area contributed by atoms with Crippen molar-refractivity contribution in [3.63, 3.8) is 0 Å². The molecule has 0 saturated heterocycles. The van der Waals surface area contributed by atoms with Gasteiger partial charge in [-0.2, -0.15) is 0 Å². The number of hydrogen-bond acceptors (Lipinski definition) is 0. The highest BCUT2D eigenvalue weighted by atomic mass is 14.3. The summed E-state index contributed by atoms with van der Waals surface area (Å²) in [4.78, 5) is 0. The molecule has 0 heterocycles. The quantitative estimate of drug-likeness (QED) is 0.515. The summed E-state index contributed by atoms with van der Waals surface area (Å²) in [7, 11) is 0. The standard InChI is InChI=1S/C8H16/c1-3-7(2)8-5-4-6-8/h7-8H,3-6H2,1-2H3/t7-/m1/s1. The number of hydrogen-bond donors (Lipinski definition) is 0. The summed E-state index contributed by atoms with van der Waals surface area (Å²) in [6.07, 6.45) is 5.89. The van der Waals surface area contributed by atoms with Gasteiger partial charge < -0.3 is 0 Å². The predicted molar refractivity (Wildman–Crippen MR) is 36.8 cm³/mol. The average Bonchev–Trinajstić information content (AvgIpc) is 1.62. The molecule has 8 heavy (non-hydrogen) atoms. The van der Waals surface area contributed by atoms with E-state index in [0.29, 0.717) is 0 Å². The molecule has 1 aliphatic rings. The van der Waals surface area contributed by atoms with Gasteiger partial charge in [0.05, 0.1) is 0 Å². The van der Waals surface area contributed by atoms with Crippen LogP contribution in [0.3, 0.4) is 0 Å². The maximum atomic E-state index is 2.38. The molecule has 0 aromatic carbocycles. The van der Waals surface area contributed by atoms with Gasteiger partial charge in [-0.3, -0.25) is 0 Å². The Morgan fingerprint density at radius 3 is 2.25 bits per heavy atom. The highest BCUT2D eigenvalue weighted by Gasteiger charge is 2.21. The van der Waals surface area contributed by atoms with Crippen LogP contribution in [0.25, 0.3) is 0 Å². The molecule has 0 radical (unpaired) electrons. The Labute approximate surface area is 52.3 Å². The van der Waals surface area contributed by atoms with Gasteiger partial charge in [0, 0.05) is 0 Å². The maximum Gasteiger partial charge on any atom is -0.0389 e. The molecular formula is C8H16. The van der Waals surface area contributed by atoms with E-state index < -0.39 is 0 Å². The molecule has 1 fully saturated rings. The minimum atomic E-state index is 1.00. The Bertz CT molecular complexity index is 59.7. The van der Waals surface area contributed by atoms with Crippen molar-refractivity contribution in [1.29, 1.82) is 0 Å². The highest BCUT2D eigenvalue weighted by Crippen LogP contribution is 2.34. The molecule has 0 unspecified atom stereocenters. The molecular weight excluding hydrogens is 96.1 g/mol. The van der Waals surface area contributed by atoms with Gasteiger partial charge in [0.15, 0.2) is 0 Å². The van der Waals surface area contributed by atoms with Crippen LogP contribution in [0.1, 0.15) is 39.5 Å². The van der Waals surface area contributed by atoms with E-state index in [1.54, 1.807) is 0 Å². The van der Waals surface area contributed by atoms with E-state index >= 15 is 0 Å². The van der Waals surface area contributed by atoms with E-state index in [1.165, 1.54) is 25.7 Å². The monoisotopic (exact) mass is 112 g/mol. The molecule has 1 atom stereocenters. The molecule has 0 aromatic rings. The van der Waals surface area contributed by atoms with E-state index in [2.05, 4.69) is 13.8 Å². The predicted octanol–water partition coefficient (Wildman–Crippen LogP) is 2.83. The first-order valence-corrected chi connectivity index (χ1v) is 3.84. The molecule has 0 nitrogen and oxygen atoms in total. The van der Waals surface area contributed by atoms with Crippen molar-refractivity contribution in [3.05, 3.63) is 0 Å². The topological polar surface area (TPSA) is 0 Å². The molecule has 0 N–H and O–H groups in total. The lowest BCUT2D eigenvalue weighted by atomic mass is 9.76. The minimum Gasteiger partial charge on any atom is -0.0651 e. The number of rotatable bonds is 2. The van der Waals surface area contributed by atoms with Crippen LogP contribution < -0.4 is 0 Å². The molecule has 0 heteroatoms. The van der Waals surface area contributed by atoms with Crippen LogP contribution in [0.15, 0.2) is 0 Å². The van der Waals surface area contributed by atoms with Crippen LogP contribution in [0.2, 0.25) is 0 Å². The molecule has 1 rings (SSSR count). The molecule has 1 aliphatic carbocycles. The lowest BCUT2D eigenvalue weighted by molar-refractivity contribution is 0.215. The summed E-state index contributed by atoms with van der Waals surface area (Å²) in [5.74, 6) is 2.10. The first-order chi connectivity index (χ1) is 3.84. The van der Waals surface area contributed by atoms with Gasteiger partial charge in [0.2, 0.25) is 0 Å². The van der Waals surface area contributed by atoms with Crippen molar-refractivity contribution in [2.24, 2.45) is 11.8 Å². The Kier molecular flexibility index (Phi) is 1.93. The maximum absolute atomic E-state index is 2.38. The van der Waals surface area contributed by atoms with Crippen LogP contribution in [0, 0.1) is 11.8 Å². The van der Waals surface area contributed by atoms with Crippen molar-refractivity contribution < 1.29 is 0 Å². The molecule has 48 valence electrons. The van der Waals surface area contributed by atoms with Gasteiger partial charge in [-0.1, -0.05) is 39.5 Å². The highest BCUT2D eigenvalue weighted by molar-refractivity contribution is 4.73. The van der Waals surface area contributed by atoms with Crippen LogP contribution in [0.4, 0.5) is 0 Å². The minimum absolute atomic E-state index is 1.00. The Balaban J connectivity index is 2.13. The third-order valence-corrected chi connectivity index (χ3v) is 2.60. The lowest BCUT2D eigenvalue weighted by Gasteiger charge is -2.30. The van der Waals surface area contributed by atoms with Gasteiger partial charge in [-0.15, -0.1) is 0 Å². The fourth-order valence-corrected chi connectivity index (χ4v) is 1.34. The van der Waals surface area contributed by atoms with Crippen molar-refractivity contribution in [1.82, 2.24) is 0 Å². The van der Waals surface area contributed by atoms with Gasteiger partial charge in [-0.05, 0) is 11.8 Å². The molecule has 0 spiro atoms. The van der Waals surface area contributed by atoms with E-state index in [-0.39, 0.29) is 0 Å². The Morgan fingerprint density at radius 1 is 1.50 bits per heavy atom. The summed E-state index contributed by atoms with van der Waals surface area (Å²) >= 11 is 0. The second-order valence-corrected chi connectivity index (χ2v) is 3.08. The van der Waals surface area contributed by atoms with Crippen LogP contribution in [-0.4, -0.2) is 0 Å². The van der Waals surface area contributed by atoms with E-state index in [4.69, 9.17) is 0 Å². The van der Waals surface area contributed by atoms with Gasteiger partial charge in [0.1, 0.15) is 0 Å². The first-order valence-electron chi connectivity index (χ1n) is 3.84. The Morgan fingerprint density at radius 2 is 2.12 bits per heavy atom. The van der Waals surface area contributed by atoms with E-state index in [0.717, 1.165) is 11.8 Å². The summed E-state index contributed by atoms with van der Waals surface area (Å²) in [5.41, 5.74) is 0. The molecule has 0 aliphatic heterocycles. The second kappa shape index (κ2) is 2.52. The fraction of sp³-hybridized carbons (Fsp3) is 1.00. The third kappa shape index (κ3) is 1.04. The van der Waals surface area contributed by atoms with Gasteiger partial charge in [0.25, 0.3) is 0 Å². The smallest absolute Gasteiger partial charge is 0.0389 e. The van der Waals surface area contributed by atoms with Gasteiger partial charge in [-0.25, -0.2) is 0 Å². The zero-order valence-electron chi connectivity index (χ0n) is 5.98. The van der Waals surface area contributed by atoms with E-state index in [9.17, 15) is 0 Å². The van der Waals surface area contributed by atoms with Crippen molar-refractivity contribution in [2.45, 2.75) is 39.5 Å². The van der Waals surface area contributed by atoms with Gasteiger partial charge >= 0.3 is 0 Å². The SMILES string of the molecule is CC[C@@H](C)C1CCC1.